The topological polar surface area (TPSA) is 12.9 Å². The van der Waals surface area contributed by atoms with E-state index in [-0.39, 0.29) is 0 Å². The van der Waals surface area contributed by atoms with Crippen molar-refractivity contribution in [2.24, 2.45) is 0 Å². The third-order valence-corrected chi connectivity index (χ3v) is 7.04. The molecule has 6 aromatic rings. The second-order valence-corrected chi connectivity index (χ2v) is 9.07. The van der Waals surface area contributed by atoms with Crippen LogP contribution in [0.4, 0.5) is 0 Å². The second kappa shape index (κ2) is 7.67. The fraction of sp³-hybridized carbons (Fsp3) is 0.0606. The van der Waals surface area contributed by atoms with Gasteiger partial charge in [-0.3, -0.25) is 0 Å². The predicted molar refractivity (Wildman–Crippen MR) is 146 cm³/mol. The molecule has 1 aromatic heterocycles. The van der Waals surface area contributed by atoms with Crippen LogP contribution in [0.15, 0.2) is 115 Å². The number of hydrogen-bond acceptors (Lipinski definition) is 1. The minimum atomic E-state index is 1.02. The van der Waals surface area contributed by atoms with Crippen LogP contribution < -0.4 is 0 Å². The van der Waals surface area contributed by atoms with Crippen molar-refractivity contribution in [3.63, 3.8) is 0 Å². The van der Waals surface area contributed by atoms with Gasteiger partial charge in [0, 0.05) is 10.9 Å². The average molecular weight is 434 g/mol. The Morgan fingerprint density at radius 1 is 0.559 bits per heavy atom. The Morgan fingerprint density at radius 2 is 1.24 bits per heavy atom. The lowest BCUT2D eigenvalue weighted by Gasteiger charge is -2.17. The van der Waals surface area contributed by atoms with Gasteiger partial charge in [0.25, 0.3) is 0 Å². The molecule has 0 fully saturated rings. The molecular weight excluding hydrogens is 410 g/mol. The lowest BCUT2D eigenvalue weighted by molar-refractivity contribution is 1.04. The Hall–Kier alpha value is -4.23. The number of para-hydroxylation sites is 1. The van der Waals surface area contributed by atoms with Gasteiger partial charge in [0.2, 0.25) is 0 Å². The van der Waals surface area contributed by atoms with Crippen LogP contribution in [-0.4, -0.2) is 4.98 Å². The number of rotatable bonds is 2. The van der Waals surface area contributed by atoms with Crippen molar-refractivity contribution in [1.82, 2.24) is 4.98 Å². The van der Waals surface area contributed by atoms with Crippen LogP contribution >= 0.6 is 0 Å². The van der Waals surface area contributed by atoms with Gasteiger partial charge in [-0.15, -0.1) is 0 Å². The number of benzene rings is 5. The highest BCUT2D eigenvalue weighted by Crippen LogP contribution is 2.41. The van der Waals surface area contributed by atoms with Crippen molar-refractivity contribution >= 4 is 48.8 Å². The molecule has 0 radical (unpaired) electrons. The van der Waals surface area contributed by atoms with Crippen LogP contribution in [0.1, 0.15) is 18.4 Å². The second-order valence-electron chi connectivity index (χ2n) is 9.07. The maximum atomic E-state index is 5.05. The third-order valence-electron chi connectivity index (χ3n) is 7.04. The summed E-state index contributed by atoms with van der Waals surface area (Å²) in [5.74, 6) is 0. The molecule has 0 saturated carbocycles. The van der Waals surface area contributed by atoms with Gasteiger partial charge >= 0.3 is 0 Å². The van der Waals surface area contributed by atoms with Crippen LogP contribution in [0.2, 0.25) is 0 Å². The molecule has 0 N–H and O–H groups in total. The molecule has 0 aliphatic heterocycles. The van der Waals surface area contributed by atoms with Crippen molar-refractivity contribution in [3.8, 4) is 11.3 Å². The molecule has 0 atom stereocenters. The minimum Gasteiger partial charge on any atom is -0.248 e. The molecule has 1 aliphatic rings. The van der Waals surface area contributed by atoms with Gasteiger partial charge in [0.15, 0.2) is 0 Å². The molecule has 0 bridgehead atoms. The molecule has 0 spiro atoms. The quantitative estimate of drug-likeness (QED) is 0.248. The average Bonchev–Trinajstić information content (AvgIpc) is 2.92. The Balaban J connectivity index is 1.61. The molecule has 0 amide bonds. The number of allylic oxidation sites excluding steroid dienone is 4. The molecule has 1 heterocycles. The first-order valence-corrected chi connectivity index (χ1v) is 12.0. The fourth-order valence-electron chi connectivity index (χ4n) is 5.46. The van der Waals surface area contributed by atoms with E-state index in [1.807, 2.05) is 0 Å². The summed E-state index contributed by atoms with van der Waals surface area (Å²) in [6.45, 7) is 0. The van der Waals surface area contributed by atoms with E-state index in [1.165, 1.54) is 54.4 Å². The molecule has 1 nitrogen and oxygen atoms in total. The first kappa shape index (κ1) is 19.3. The highest BCUT2D eigenvalue weighted by molar-refractivity contribution is 6.25. The standard InChI is InChI=1S/C33H23N/c1-2-10-22(11-3-1)29-20-24-21-30(32-19-18-23-12-4-9-17-31(23)34-32)26-14-6-8-16-28(26)33(24)27-15-7-5-13-25(27)29/h2,4-21H,1,3H2. The van der Waals surface area contributed by atoms with E-state index in [0.29, 0.717) is 0 Å². The Bertz CT molecular complexity index is 1800. The monoisotopic (exact) mass is 433 g/mol. The number of aromatic nitrogens is 1. The summed E-state index contributed by atoms with van der Waals surface area (Å²) >= 11 is 0. The summed E-state index contributed by atoms with van der Waals surface area (Å²) in [5.41, 5.74) is 5.86. The molecule has 34 heavy (non-hydrogen) atoms. The molecule has 7 rings (SSSR count). The maximum absolute atomic E-state index is 5.05. The van der Waals surface area contributed by atoms with Crippen molar-refractivity contribution < 1.29 is 0 Å². The maximum Gasteiger partial charge on any atom is 0.0716 e. The van der Waals surface area contributed by atoms with Crippen LogP contribution in [0, 0.1) is 0 Å². The smallest absolute Gasteiger partial charge is 0.0716 e. The lowest BCUT2D eigenvalue weighted by atomic mass is 9.87. The Morgan fingerprint density at radius 3 is 2.00 bits per heavy atom. The van der Waals surface area contributed by atoms with Gasteiger partial charge in [-0.1, -0.05) is 91.0 Å². The van der Waals surface area contributed by atoms with Crippen LogP contribution in [0.5, 0.6) is 0 Å². The van der Waals surface area contributed by atoms with E-state index in [9.17, 15) is 0 Å². The fourth-order valence-corrected chi connectivity index (χ4v) is 5.46. The summed E-state index contributed by atoms with van der Waals surface area (Å²) in [6, 6.07) is 35.0. The minimum absolute atomic E-state index is 1.02. The van der Waals surface area contributed by atoms with Crippen molar-refractivity contribution in [3.05, 3.63) is 121 Å². The first-order valence-electron chi connectivity index (χ1n) is 12.0. The number of fused-ring (bicyclic) bond motifs is 6. The lowest BCUT2D eigenvalue weighted by Crippen LogP contribution is -1.93. The van der Waals surface area contributed by atoms with Gasteiger partial charge in [-0.25, -0.2) is 4.98 Å². The number of nitrogens with zero attached hydrogens (tertiary/aromatic N) is 1. The molecule has 160 valence electrons. The molecule has 5 aromatic carbocycles. The van der Waals surface area contributed by atoms with E-state index in [0.717, 1.165) is 24.1 Å². The van der Waals surface area contributed by atoms with Gasteiger partial charge in [0.05, 0.1) is 11.2 Å². The molecular formula is C33H23N. The summed E-state index contributed by atoms with van der Waals surface area (Å²) in [4.78, 5) is 5.05. The van der Waals surface area contributed by atoms with E-state index >= 15 is 0 Å². The van der Waals surface area contributed by atoms with E-state index < -0.39 is 0 Å². The third kappa shape index (κ3) is 2.98. The Kier molecular flexibility index (Phi) is 4.35. The summed E-state index contributed by atoms with van der Waals surface area (Å²) in [7, 11) is 0. The predicted octanol–water partition coefficient (Wildman–Crippen LogP) is 9.09. The van der Waals surface area contributed by atoms with E-state index in [2.05, 4.69) is 115 Å². The Labute approximate surface area is 198 Å². The first-order chi connectivity index (χ1) is 16.9. The van der Waals surface area contributed by atoms with E-state index in [4.69, 9.17) is 4.98 Å². The zero-order valence-electron chi connectivity index (χ0n) is 18.8. The van der Waals surface area contributed by atoms with Crippen LogP contribution in [0.25, 0.3) is 60.1 Å². The summed E-state index contributed by atoms with van der Waals surface area (Å²) < 4.78 is 0. The van der Waals surface area contributed by atoms with E-state index in [1.54, 1.807) is 0 Å². The summed E-state index contributed by atoms with van der Waals surface area (Å²) in [5, 5.41) is 8.89. The van der Waals surface area contributed by atoms with Crippen molar-refractivity contribution in [2.45, 2.75) is 12.8 Å². The van der Waals surface area contributed by atoms with Crippen molar-refractivity contribution in [2.75, 3.05) is 0 Å². The van der Waals surface area contributed by atoms with Gasteiger partial charge in [0.1, 0.15) is 0 Å². The highest BCUT2D eigenvalue weighted by Gasteiger charge is 2.15. The van der Waals surface area contributed by atoms with Crippen molar-refractivity contribution in [1.29, 1.82) is 0 Å². The normalized spacial score (nSPS) is 13.7. The SMILES string of the molecule is C1=CC(c2cc3cc(-c4ccc5ccccc5n4)c4ccccc4c3c3ccccc23)=CCC1. The number of hydrogen-bond donors (Lipinski definition) is 0. The zero-order valence-corrected chi connectivity index (χ0v) is 18.8. The van der Waals surface area contributed by atoms with Gasteiger partial charge in [-0.2, -0.15) is 0 Å². The van der Waals surface area contributed by atoms with Gasteiger partial charge in [-0.05, 0) is 80.6 Å². The molecule has 1 aliphatic carbocycles. The number of pyridine rings is 1. The molecule has 0 saturated heterocycles. The molecule has 1 heteroatoms. The highest BCUT2D eigenvalue weighted by atomic mass is 14.7. The van der Waals surface area contributed by atoms with Crippen LogP contribution in [-0.2, 0) is 0 Å². The summed E-state index contributed by atoms with van der Waals surface area (Å²) in [6.07, 6.45) is 9.17. The largest absolute Gasteiger partial charge is 0.248 e. The molecule has 0 unspecified atom stereocenters. The zero-order chi connectivity index (χ0) is 22.5. The van der Waals surface area contributed by atoms with Gasteiger partial charge < -0.3 is 0 Å². The van der Waals surface area contributed by atoms with Crippen LogP contribution in [0.3, 0.4) is 0 Å².